The monoisotopic (exact) mass is 314 g/mol. The van der Waals surface area contributed by atoms with Crippen LogP contribution in [0.2, 0.25) is 0 Å². The highest BCUT2D eigenvalue weighted by molar-refractivity contribution is 5.00. The zero-order valence-electron chi connectivity index (χ0n) is 15.7. The van der Waals surface area contributed by atoms with Crippen LogP contribution in [0.4, 0.5) is 0 Å². The Kier molecular flexibility index (Phi) is 17.7. The van der Waals surface area contributed by atoms with Gasteiger partial charge in [0.1, 0.15) is 0 Å². The Bertz CT molecular complexity index is 363. The van der Waals surface area contributed by atoms with E-state index in [0.29, 0.717) is 0 Å². The van der Waals surface area contributed by atoms with Crippen LogP contribution in [-0.2, 0) is 0 Å². The lowest BCUT2D eigenvalue weighted by molar-refractivity contribution is 0.559. The smallest absolute Gasteiger partial charge is 0.0169 e. The molecule has 0 aromatic carbocycles. The molecule has 0 spiro atoms. The quantitative estimate of drug-likeness (QED) is 0.225. The van der Waals surface area contributed by atoms with Gasteiger partial charge in [-0.2, -0.15) is 0 Å². The Labute approximate surface area is 145 Å². The summed E-state index contributed by atoms with van der Waals surface area (Å²) in [5.74, 6) is 0.836. The number of hydrogen-bond acceptors (Lipinski definition) is 0. The summed E-state index contributed by atoms with van der Waals surface area (Å²) < 4.78 is 0. The lowest BCUT2D eigenvalue weighted by Crippen LogP contribution is -1.84. The summed E-state index contributed by atoms with van der Waals surface area (Å²) in [6, 6.07) is 0. The van der Waals surface area contributed by atoms with Crippen molar-refractivity contribution in [3.63, 3.8) is 0 Å². The van der Waals surface area contributed by atoms with Gasteiger partial charge in [-0.25, -0.2) is 0 Å². The summed E-state index contributed by atoms with van der Waals surface area (Å²) in [5, 5.41) is 0. The molecule has 0 rings (SSSR count). The first-order valence-corrected chi connectivity index (χ1v) is 9.52. The second-order valence-electron chi connectivity index (χ2n) is 6.41. The molecule has 0 amide bonds. The molecule has 0 heteroatoms. The fourth-order valence-corrected chi connectivity index (χ4v) is 2.13. The van der Waals surface area contributed by atoms with Crippen molar-refractivity contribution in [2.45, 2.75) is 78.6 Å². The van der Waals surface area contributed by atoms with Crippen LogP contribution in [0.3, 0.4) is 0 Å². The van der Waals surface area contributed by atoms with Crippen LogP contribution >= 0.6 is 0 Å². The molecule has 0 N–H and O–H groups in total. The van der Waals surface area contributed by atoms with Crippen molar-refractivity contribution in [3.05, 3.63) is 60.8 Å². The number of allylic oxidation sites excluding steroid dienone is 10. The van der Waals surface area contributed by atoms with Gasteiger partial charge in [-0.15, -0.1) is 0 Å². The Morgan fingerprint density at radius 2 is 0.957 bits per heavy atom. The van der Waals surface area contributed by atoms with Gasteiger partial charge in [0.05, 0.1) is 0 Å². The molecule has 0 saturated heterocycles. The van der Waals surface area contributed by atoms with Crippen LogP contribution in [0.5, 0.6) is 0 Å². The summed E-state index contributed by atoms with van der Waals surface area (Å²) in [5.41, 5.74) is 0. The summed E-state index contributed by atoms with van der Waals surface area (Å²) in [6.07, 6.45) is 33.2. The highest BCUT2D eigenvalue weighted by atomic mass is 14.0. The van der Waals surface area contributed by atoms with Crippen LogP contribution < -0.4 is 0 Å². The van der Waals surface area contributed by atoms with Crippen molar-refractivity contribution in [1.29, 1.82) is 0 Å². The summed E-state index contributed by atoms with van der Waals surface area (Å²) >= 11 is 0. The molecule has 23 heavy (non-hydrogen) atoms. The first-order chi connectivity index (χ1) is 11.3. The van der Waals surface area contributed by atoms with Crippen LogP contribution in [0.1, 0.15) is 78.6 Å². The molecule has 0 heterocycles. The van der Waals surface area contributed by atoms with Crippen LogP contribution in [-0.4, -0.2) is 0 Å². The molecule has 0 nitrogen and oxygen atoms in total. The van der Waals surface area contributed by atoms with E-state index in [9.17, 15) is 0 Å². The van der Waals surface area contributed by atoms with Crippen molar-refractivity contribution >= 4 is 0 Å². The van der Waals surface area contributed by atoms with E-state index in [4.69, 9.17) is 0 Å². The lowest BCUT2D eigenvalue weighted by atomic mass is 10.1. The SMILES string of the molecule is CCC/C=C\C/C=C\C/C=C\C/C=C\C/C=C\CCCC(C)C. The zero-order chi connectivity index (χ0) is 17.0. The number of hydrogen-bond donors (Lipinski definition) is 0. The maximum atomic E-state index is 2.32. The fraction of sp³-hybridized carbons (Fsp3) is 0.565. The van der Waals surface area contributed by atoms with E-state index in [1.807, 2.05) is 0 Å². The standard InChI is InChI=1S/C23H38/c1-4-5-6-7-8-9-10-11-12-13-14-15-16-17-18-19-20-21-22-23(2)3/h6-7,9-10,12-13,15-16,18-19,23H,4-5,8,11,14,17,20-22H2,1-3H3/b7-6-,10-9-,13-12-,16-15-,19-18-. The molecule has 0 aliphatic heterocycles. The first-order valence-electron chi connectivity index (χ1n) is 9.52. The minimum absolute atomic E-state index is 0.836. The third-order valence-corrected chi connectivity index (χ3v) is 3.53. The van der Waals surface area contributed by atoms with Gasteiger partial charge < -0.3 is 0 Å². The molecular formula is C23H38. The molecule has 0 aliphatic carbocycles. The molecule has 0 aromatic heterocycles. The average molecular weight is 315 g/mol. The average Bonchev–Trinajstić information content (AvgIpc) is 2.53. The van der Waals surface area contributed by atoms with E-state index in [1.165, 1.54) is 32.1 Å². The molecule has 0 radical (unpaired) electrons. The van der Waals surface area contributed by atoms with E-state index in [-0.39, 0.29) is 0 Å². The van der Waals surface area contributed by atoms with Gasteiger partial charge in [0.25, 0.3) is 0 Å². The van der Waals surface area contributed by atoms with E-state index in [0.717, 1.165) is 31.6 Å². The third-order valence-electron chi connectivity index (χ3n) is 3.53. The van der Waals surface area contributed by atoms with Gasteiger partial charge in [0.15, 0.2) is 0 Å². The number of rotatable bonds is 14. The fourth-order valence-electron chi connectivity index (χ4n) is 2.13. The highest BCUT2D eigenvalue weighted by Crippen LogP contribution is 2.06. The highest BCUT2D eigenvalue weighted by Gasteiger charge is 1.90. The molecule has 0 bridgehead atoms. The Morgan fingerprint density at radius 3 is 1.35 bits per heavy atom. The molecule has 0 atom stereocenters. The van der Waals surface area contributed by atoms with Gasteiger partial charge in [-0.3, -0.25) is 0 Å². The molecule has 130 valence electrons. The molecule has 0 aliphatic rings. The van der Waals surface area contributed by atoms with Gasteiger partial charge in [-0.1, -0.05) is 94.4 Å². The van der Waals surface area contributed by atoms with Crippen LogP contribution in [0.15, 0.2) is 60.8 Å². The number of unbranched alkanes of at least 4 members (excludes halogenated alkanes) is 2. The molecule has 0 fully saturated rings. The minimum Gasteiger partial charge on any atom is -0.0882 e. The third kappa shape index (κ3) is 20.7. The van der Waals surface area contributed by atoms with Gasteiger partial charge in [0, 0.05) is 0 Å². The van der Waals surface area contributed by atoms with Gasteiger partial charge >= 0.3 is 0 Å². The van der Waals surface area contributed by atoms with Crippen molar-refractivity contribution in [3.8, 4) is 0 Å². The Hall–Kier alpha value is -1.30. The molecule has 0 aromatic rings. The maximum absolute atomic E-state index is 2.32. The van der Waals surface area contributed by atoms with Crippen molar-refractivity contribution in [2.24, 2.45) is 5.92 Å². The topological polar surface area (TPSA) is 0 Å². The van der Waals surface area contributed by atoms with Crippen molar-refractivity contribution in [1.82, 2.24) is 0 Å². The molecule has 0 unspecified atom stereocenters. The molecular weight excluding hydrogens is 276 g/mol. The predicted octanol–water partition coefficient (Wildman–Crippen LogP) is 7.95. The zero-order valence-corrected chi connectivity index (χ0v) is 15.7. The summed E-state index contributed by atoms with van der Waals surface area (Å²) in [4.78, 5) is 0. The van der Waals surface area contributed by atoms with E-state index < -0.39 is 0 Å². The second-order valence-corrected chi connectivity index (χ2v) is 6.41. The predicted molar refractivity (Wildman–Crippen MR) is 108 cm³/mol. The largest absolute Gasteiger partial charge is 0.0882 e. The van der Waals surface area contributed by atoms with Crippen molar-refractivity contribution in [2.75, 3.05) is 0 Å². The van der Waals surface area contributed by atoms with Crippen molar-refractivity contribution < 1.29 is 0 Å². The summed E-state index contributed by atoms with van der Waals surface area (Å²) in [6.45, 7) is 6.80. The van der Waals surface area contributed by atoms with E-state index >= 15 is 0 Å². The maximum Gasteiger partial charge on any atom is -0.0169 e. The molecule has 0 saturated carbocycles. The van der Waals surface area contributed by atoms with Gasteiger partial charge in [-0.05, 0) is 50.9 Å². The Morgan fingerprint density at radius 1 is 0.565 bits per heavy atom. The normalized spacial score (nSPS) is 13.2. The second kappa shape index (κ2) is 18.7. The van der Waals surface area contributed by atoms with Gasteiger partial charge in [0.2, 0.25) is 0 Å². The summed E-state index contributed by atoms with van der Waals surface area (Å²) in [7, 11) is 0. The Balaban J connectivity index is 3.44. The first kappa shape index (κ1) is 21.7. The minimum atomic E-state index is 0.836. The van der Waals surface area contributed by atoms with E-state index in [1.54, 1.807) is 0 Å². The lowest BCUT2D eigenvalue weighted by Gasteiger charge is -2.00. The van der Waals surface area contributed by atoms with Crippen LogP contribution in [0, 0.1) is 5.92 Å². The van der Waals surface area contributed by atoms with E-state index in [2.05, 4.69) is 81.5 Å². The van der Waals surface area contributed by atoms with Crippen LogP contribution in [0.25, 0.3) is 0 Å².